The quantitative estimate of drug-likeness (QED) is 0.253. The standard InChI is InChI=1S/C22H14Cl3N3O4/c23-15-5-2-4-14(11-15)21(29)27-20(10-13-3-1-6-17(9-13)28(31)32)22(30)26-16-7-8-18(24)19(25)12-16/h1-12H,(H,26,30)(H,27,29)/b20-10-. The highest BCUT2D eigenvalue weighted by Crippen LogP contribution is 2.25. The van der Waals surface area contributed by atoms with Gasteiger partial charge in [-0.1, -0.05) is 53.0 Å². The van der Waals surface area contributed by atoms with Gasteiger partial charge in [-0.25, -0.2) is 0 Å². The van der Waals surface area contributed by atoms with E-state index in [-0.39, 0.29) is 22.0 Å². The first-order valence-corrected chi connectivity index (χ1v) is 10.2. The van der Waals surface area contributed by atoms with Gasteiger partial charge in [-0.2, -0.15) is 0 Å². The Bertz CT molecular complexity index is 1240. The van der Waals surface area contributed by atoms with Crippen LogP contribution in [0.15, 0.2) is 72.4 Å². The Labute approximate surface area is 197 Å². The fraction of sp³-hybridized carbons (Fsp3) is 0. The maximum absolute atomic E-state index is 12.9. The monoisotopic (exact) mass is 489 g/mol. The van der Waals surface area contributed by atoms with Gasteiger partial charge < -0.3 is 10.6 Å². The van der Waals surface area contributed by atoms with Gasteiger partial charge in [-0.15, -0.1) is 0 Å². The maximum Gasteiger partial charge on any atom is 0.272 e. The highest BCUT2D eigenvalue weighted by atomic mass is 35.5. The summed E-state index contributed by atoms with van der Waals surface area (Å²) in [7, 11) is 0. The van der Waals surface area contributed by atoms with Gasteiger partial charge in [0.05, 0.1) is 15.0 Å². The van der Waals surface area contributed by atoms with Crippen molar-refractivity contribution in [3.8, 4) is 0 Å². The van der Waals surface area contributed by atoms with Gasteiger partial charge in [-0.05, 0) is 48.0 Å². The van der Waals surface area contributed by atoms with Crippen molar-refractivity contribution < 1.29 is 14.5 Å². The molecule has 0 spiro atoms. The molecule has 0 bridgehead atoms. The van der Waals surface area contributed by atoms with E-state index in [1.807, 2.05) is 0 Å². The molecule has 0 atom stereocenters. The van der Waals surface area contributed by atoms with Crippen LogP contribution in [0.3, 0.4) is 0 Å². The molecule has 3 rings (SSSR count). The first kappa shape index (κ1) is 23.3. The van der Waals surface area contributed by atoms with Crippen molar-refractivity contribution in [2.75, 3.05) is 5.32 Å². The van der Waals surface area contributed by atoms with E-state index in [0.29, 0.717) is 21.3 Å². The average molecular weight is 491 g/mol. The van der Waals surface area contributed by atoms with E-state index in [0.717, 1.165) is 0 Å². The SMILES string of the molecule is O=C(Nc1ccc(Cl)c(Cl)c1)/C(=C/c1cccc([N+](=O)[O-])c1)NC(=O)c1cccc(Cl)c1. The molecule has 0 heterocycles. The van der Waals surface area contributed by atoms with Crippen LogP contribution in [0.1, 0.15) is 15.9 Å². The second-order valence-corrected chi connectivity index (χ2v) is 7.71. The molecule has 32 heavy (non-hydrogen) atoms. The van der Waals surface area contributed by atoms with Gasteiger partial charge in [0.25, 0.3) is 17.5 Å². The highest BCUT2D eigenvalue weighted by molar-refractivity contribution is 6.42. The molecule has 0 saturated heterocycles. The van der Waals surface area contributed by atoms with E-state index >= 15 is 0 Å². The van der Waals surface area contributed by atoms with Crippen molar-refractivity contribution in [2.45, 2.75) is 0 Å². The molecule has 0 unspecified atom stereocenters. The summed E-state index contributed by atoms with van der Waals surface area (Å²) in [6.07, 6.45) is 1.32. The van der Waals surface area contributed by atoms with Crippen molar-refractivity contribution in [3.63, 3.8) is 0 Å². The summed E-state index contributed by atoms with van der Waals surface area (Å²) in [4.78, 5) is 36.1. The van der Waals surface area contributed by atoms with Gasteiger partial charge >= 0.3 is 0 Å². The Morgan fingerprint density at radius 2 is 1.66 bits per heavy atom. The third-order valence-corrected chi connectivity index (χ3v) is 5.12. The molecule has 2 amide bonds. The maximum atomic E-state index is 12.9. The number of halogens is 3. The molecule has 3 aromatic carbocycles. The van der Waals surface area contributed by atoms with E-state index in [1.165, 1.54) is 54.6 Å². The Balaban J connectivity index is 1.95. The van der Waals surface area contributed by atoms with Gasteiger partial charge in [-0.3, -0.25) is 19.7 Å². The van der Waals surface area contributed by atoms with E-state index in [4.69, 9.17) is 34.8 Å². The number of carbonyl (C=O) groups excluding carboxylic acids is 2. The van der Waals surface area contributed by atoms with E-state index in [1.54, 1.807) is 18.2 Å². The molecule has 3 aromatic rings. The van der Waals surface area contributed by atoms with Crippen LogP contribution in [-0.2, 0) is 4.79 Å². The lowest BCUT2D eigenvalue weighted by Crippen LogP contribution is -2.30. The fourth-order valence-electron chi connectivity index (χ4n) is 2.65. The van der Waals surface area contributed by atoms with Crippen LogP contribution < -0.4 is 10.6 Å². The summed E-state index contributed by atoms with van der Waals surface area (Å²) in [6, 6.07) is 16.3. The van der Waals surface area contributed by atoms with Crippen molar-refractivity contribution >= 4 is 64.1 Å². The summed E-state index contributed by atoms with van der Waals surface area (Å²) >= 11 is 17.8. The number of rotatable bonds is 6. The third kappa shape index (κ3) is 6.07. The molecule has 0 aliphatic rings. The lowest BCUT2D eigenvalue weighted by Gasteiger charge is -2.12. The molecule has 0 saturated carbocycles. The minimum atomic E-state index is -0.676. The number of nitro groups is 1. The summed E-state index contributed by atoms with van der Waals surface area (Å²) in [5.41, 5.74) is 0.590. The van der Waals surface area contributed by atoms with Gasteiger partial charge in [0.2, 0.25) is 0 Å². The zero-order chi connectivity index (χ0) is 23.3. The number of hydrogen-bond donors (Lipinski definition) is 2. The Hall–Kier alpha value is -3.39. The van der Waals surface area contributed by atoms with Crippen LogP contribution in [0, 0.1) is 10.1 Å². The molecule has 162 valence electrons. The number of nitrogens with zero attached hydrogens (tertiary/aromatic N) is 1. The van der Waals surface area contributed by atoms with E-state index in [9.17, 15) is 19.7 Å². The first-order chi connectivity index (χ1) is 15.2. The highest BCUT2D eigenvalue weighted by Gasteiger charge is 2.16. The molecule has 0 aromatic heterocycles. The largest absolute Gasteiger partial charge is 0.321 e. The van der Waals surface area contributed by atoms with Crippen molar-refractivity contribution in [2.24, 2.45) is 0 Å². The molecular formula is C22H14Cl3N3O4. The minimum absolute atomic E-state index is 0.151. The number of non-ortho nitro benzene ring substituents is 1. The lowest BCUT2D eigenvalue weighted by molar-refractivity contribution is -0.384. The second kappa shape index (κ2) is 10.3. The number of carbonyl (C=O) groups is 2. The molecule has 10 heteroatoms. The first-order valence-electron chi connectivity index (χ1n) is 9.02. The molecule has 0 fully saturated rings. The van der Waals surface area contributed by atoms with Crippen LogP contribution in [0.2, 0.25) is 15.1 Å². The molecular weight excluding hydrogens is 477 g/mol. The topological polar surface area (TPSA) is 101 Å². The number of benzene rings is 3. The molecule has 2 N–H and O–H groups in total. The molecule has 7 nitrogen and oxygen atoms in total. The zero-order valence-corrected chi connectivity index (χ0v) is 18.4. The van der Waals surface area contributed by atoms with Gasteiger partial charge in [0, 0.05) is 28.4 Å². The Morgan fingerprint density at radius 1 is 0.906 bits per heavy atom. The summed E-state index contributed by atoms with van der Waals surface area (Å²) in [5, 5.41) is 17.1. The number of anilines is 1. The number of amides is 2. The Morgan fingerprint density at radius 3 is 2.34 bits per heavy atom. The molecule has 0 aliphatic carbocycles. The van der Waals surface area contributed by atoms with Crippen LogP contribution in [0.25, 0.3) is 6.08 Å². The number of nitro benzene ring substituents is 1. The predicted octanol–water partition coefficient (Wildman–Crippen LogP) is 5.96. The second-order valence-electron chi connectivity index (χ2n) is 6.46. The minimum Gasteiger partial charge on any atom is -0.321 e. The van der Waals surface area contributed by atoms with Crippen LogP contribution in [-0.4, -0.2) is 16.7 Å². The van der Waals surface area contributed by atoms with Crippen LogP contribution >= 0.6 is 34.8 Å². The van der Waals surface area contributed by atoms with Crippen molar-refractivity contribution in [1.29, 1.82) is 0 Å². The number of nitrogens with one attached hydrogen (secondary N) is 2. The predicted molar refractivity (Wildman–Crippen MR) is 125 cm³/mol. The lowest BCUT2D eigenvalue weighted by atomic mass is 10.1. The van der Waals surface area contributed by atoms with Crippen molar-refractivity contribution in [3.05, 3.63) is 109 Å². The van der Waals surface area contributed by atoms with Gasteiger partial charge in [0.1, 0.15) is 5.70 Å². The number of hydrogen-bond acceptors (Lipinski definition) is 4. The molecule has 0 aliphatic heterocycles. The summed E-state index contributed by atoms with van der Waals surface area (Å²) in [5.74, 6) is -1.27. The van der Waals surface area contributed by atoms with Crippen molar-refractivity contribution in [1.82, 2.24) is 5.32 Å². The summed E-state index contributed by atoms with van der Waals surface area (Å²) in [6.45, 7) is 0. The molecule has 0 radical (unpaired) electrons. The van der Waals surface area contributed by atoms with Crippen LogP contribution in [0.5, 0.6) is 0 Å². The summed E-state index contributed by atoms with van der Waals surface area (Å²) < 4.78 is 0. The normalized spacial score (nSPS) is 11.0. The average Bonchev–Trinajstić information content (AvgIpc) is 2.76. The van der Waals surface area contributed by atoms with E-state index in [2.05, 4.69) is 10.6 Å². The van der Waals surface area contributed by atoms with E-state index < -0.39 is 16.7 Å². The van der Waals surface area contributed by atoms with Crippen LogP contribution in [0.4, 0.5) is 11.4 Å². The Kier molecular flexibility index (Phi) is 7.48. The van der Waals surface area contributed by atoms with Gasteiger partial charge in [0.15, 0.2) is 0 Å². The zero-order valence-electron chi connectivity index (χ0n) is 16.1. The third-order valence-electron chi connectivity index (χ3n) is 4.15. The fourth-order valence-corrected chi connectivity index (χ4v) is 3.14. The smallest absolute Gasteiger partial charge is 0.272 e.